The lowest BCUT2D eigenvalue weighted by Crippen LogP contribution is -2.38. The highest BCUT2D eigenvalue weighted by Gasteiger charge is 2.10. The SMILES string of the molecule is COc1ccc(NCC(=O)NC(=O)Nc2ccccc2F)cc1Cl. The molecule has 0 aromatic heterocycles. The summed E-state index contributed by atoms with van der Waals surface area (Å²) in [7, 11) is 1.50. The summed E-state index contributed by atoms with van der Waals surface area (Å²) in [4.78, 5) is 23.4. The van der Waals surface area contributed by atoms with Crippen molar-refractivity contribution < 1.29 is 18.7 Å². The van der Waals surface area contributed by atoms with Gasteiger partial charge in [-0.15, -0.1) is 0 Å². The number of halogens is 2. The van der Waals surface area contributed by atoms with E-state index >= 15 is 0 Å². The molecular weight excluding hydrogens is 337 g/mol. The minimum atomic E-state index is -0.820. The van der Waals surface area contributed by atoms with E-state index in [0.29, 0.717) is 16.5 Å². The quantitative estimate of drug-likeness (QED) is 0.772. The number of rotatable bonds is 5. The minimum absolute atomic E-state index is 0.0160. The number of para-hydroxylation sites is 1. The van der Waals surface area contributed by atoms with Gasteiger partial charge in [0.15, 0.2) is 0 Å². The highest BCUT2D eigenvalue weighted by atomic mass is 35.5. The van der Waals surface area contributed by atoms with Gasteiger partial charge in [0.25, 0.3) is 0 Å². The lowest BCUT2D eigenvalue weighted by Gasteiger charge is -2.10. The van der Waals surface area contributed by atoms with Crippen LogP contribution in [0.5, 0.6) is 5.75 Å². The van der Waals surface area contributed by atoms with Crippen molar-refractivity contribution in [1.82, 2.24) is 5.32 Å². The molecule has 0 bridgehead atoms. The number of imide groups is 1. The number of carbonyl (C=O) groups is 2. The standard InChI is InChI=1S/C16H15ClFN3O3/c1-24-14-7-6-10(8-11(14)17)19-9-15(22)21-16(23)20-13-5-3-2-4-12(13)18/h2-8,19H,9H2,1H3,(H2,20,21,22,23). The average Bonchev–Trinajstić information content (AvgIpc) is 2.55. The highest BCUT2D eigenvalue weighted by molar-refractivity contribution is 6.32. The molecule has 3 N–H and O–H groups in total. The van der Waals surface area contributed by atoms with Crippen molar-refractivity contribution in [2.24, 2.45) is 0 Å². The van der Waals surface area contributed by atoms with Gasteiger partial charge in [-0.25, -0.2) is 9.18 Å². The number of hydrogen-bond donors (Lipinski definition) is 3. The lowest BCUT2D eigenvalue weighted by atomic mass is 10.3. The fraction of sp³-hybridized carbons (Fsp3) is 0.125. The molecule has 0 saturated carbocycles. The van der Waals surface area contributed by atoms with Gasteiger partial charge in [0, 0.05) is 5.69 Å². The molecule has 2 aromatic carbocycles. The first kappa shape index (κ1) is 17.6. The Kier molecular flexibility index (Phi) is 5.97. The third-order valence-electron chi connectivity index (χ3n) is 2.98. The summed E-state index contributed by atoms with van der Waals surface area (Å²) >= 11 is 5.97. The minimum Gasteiger partial charge on any atom is -0.495 e. The van der Waals surface area contributed by atoms with Gasteiger partial charge in [-0.3, -0.25) is 10.1 Å². The van der Waals surface area contributed by atoms with Crippen LogP contribution in [-0.2, 0) is 4.79 Å². The van der Waals surface area contributed by atoms with Gasteiger partial charge in [0.2, 0.25) is 5.91 Å². The second kappa shape index (κ2) is 8.16. The maximum atomic E-state index is 13.4. The van der Waals surface area contributed by atoms with E-state index in [2.05, 4.69) is 16.0 Å². The molecule has 0 saturated heterocycles. The maximum absolute atomic E-state index is 13.4. The van der Waals surface area contributed by atoms with Crippen LogP contribution in [-0.4, -0.2) is 25.6 Å². The Hall–Kier alpha value is -2.80. The molecule has 3 amide bonds. The van der Waals surface area contributed by atoms with Crippen molar-refractivity contribution in [3.63, 3.8) is 0 Å². The third-order valence-corrected chi connectivity index (χ3v) is 3.28. The predicted octanol–water partition coefficient (Wildman–Crippen LogP) is 3.25. The number of nitrogens with one attached hydrogen (secondary N) is 3. The zero-order valence-corrected chi connectivity index (χ0v) is 13.5. The van der Waals surface area contributed by atoms with Crippen molar-refractivity contribution in [3.8, 4) is 5.75 Å². The molecule has 126 valence electrons. The monoisotopic (exact) mass is 351 g/mol. The normalized spacial score (nSPS) is 9.96. The Balaban J connectivity index is 1.84. The average molecular weight is 352 g/mol. The topological polar surface area (TPSA) is 79.5 Å². The fourth-order valence-electron chi connectivity index (χ4n) is 1.85. The van der Waals surface area contributed by atoms with Crippen LogP contribution in [0.2, 0.25) is 5.02 Å². The first-order chi connectivity index (χ1) is 11.5. The van der Waals surface area contributed by atoms with Gasteiger partial charge >= 0.3 is 6.03 Å². The molecule has 6 nitrogen and oxygen atoms in total. The van der Waals surface area contributed by atoms with Gasteiger partial charge in [-0.2, -0.15) is 0 Å². The van der Waals surface area contributed by atoms with Crippen molar-refractivity contribution in [1.29, 1.82) is 0 Å². The molecule has 0 atom stereocenters. The molecule has 0 fully saturated rings. The van der Waals surface area contributed by atoms with Crippen LogP contribution in [0.15, 0.2) is 42.5 Å². The van der Waals surface area contributed by atoms with Crippen LogP contribution >= 0.6 is 11.6 Å². The van der Waals surface area contributed by atoms with Gasteiger partial charge in [-0.1, -0.05) is 23.7 Å². The lowest BCUT2D eigenvalue weighted by molar-refractivity contribution is -0.118. The van der Waals surface area contributed by atoms with Crippen LogP contribution in [0.4, 0.5) is 20.6 Å². The summed E-state index contributed by atoms with van der Waals surface area (Å²) in [6.07, 6.45) is 0. The highest BCUT2D eigenvalue weighted by Crippen LogP contribution is 2.26. The molecule has 24 heavy (non-hydrogen) atoms. The molecule has 0 unspecified atom stereocenters. The summed E-state index contributed by atoms with van der Waals surface area (Å²) < 4.78 is 18.4. The number of methoxy groups -OCH3 is 1. The number of hydrogen-bond acceptors (Lipinski definition) is 4. The molecule has 0 radical (unpaired) electrons. The van der Waals surface area contributed by atoms with Gasteiger partial charge < -0.3 is 15.4 Å². The Morgan fingerprint density at radius 3 is 2.62 bits per heavy atom. The summed E-state index contributed by atoms with van der Waals surface area (Å²) in [5.74, 6) is -0.669. The van der Waals surface area contributed by atoms with E-state index in [4.69, 9.17) is 16.3 Å². The zero-order chi connectivity index (χ0) is 17.5. The molecule has 0 aliphatic heterocycles. The van der Waals surface area contributed by atoms with Crippen LogP contribution in [0.25, 0.3) is 0 Å². The van der Waals surface area contributed by atoms with Gasteiger partial charge in [-0.05, 0) is 30.3 Å². The first-order valence-corrected chi connectivity index (χ1v) is 7.30. The van der Waals surface area contributed by atoms with Crippen molar-refractivity contribution in [3.05, 3.63) is 53.3 Å². The Morgan fingerprint density at radius 1 is 1.21 bits per heavy atom. The van der Waals surface area contributed by atoms with E-state index < -0.39 is 17.8 Å². The largest absolute Gasteiger partial charge is 0.495 e. The van der Waals surface area contributed by atoms with E-state index in [1.54, 1.807) is 24.3 Å². The Bertz CT molecular complexity index is 755. The van der Waals surface area contributed by atoms with E-state index in [0.717, 1.165) is 0 Å². The fourth-order valence-corrected chi connectivity index (χ4v) is 2.10. The molecule has 8 heteroatoms. The van der Waals surface area contributed by atoms with Crippen molar-refractivity contribution in [2.45, 2.75) is 0 Å². The number of benzene rings is 2. The Labute approximate surface area is 143 Å². The smallest absolute Gasteiger partial charge is 0.326 e. The molecule has 0 spiro atoms. The second-order valence-corrected chi connectivity index (χ2v) is 5.09. The van der Waals surface area contributed by atoms with Crippen LogP contribution in [0.3, 0.4) is 0 Å². The molecule has 0 aliphatic carbocycles. The van der Waals surface area contributed by atoms with E-state index in [-0.39, 0.29) is 12.2 Å². The molecule has 0 aliphatic rings. The van der Waals surface area contributed by atoms with Crippen LogP contribution < -0.4 is 20.7 Å². The van der Waals surface area contributed by atoms with Crippen molar-refractivity contribution >= 4 is 34.9 Å². The molecule has 2 aromatic rings. The van der Waals surface area contributed by atoms with E-state index in [9.17, 15) is 14.0 Å². The zero-order valence-electron chi connectivity index (χ0n) is 12.7. The number of urea groups is 1. The van der Waals surface area contributed by atoms with Crippen molar-refractivity contribution in [2.75, 3.05) is 24.3 Å². The van der Waals surface area contributed by atoms with Gasteiger partial charge in [0.05, 0.1) is 24.4 Å². The molecule has 2 rings (SSSR count). The summed E-state index contributed by atoms with van der Waals surface area (Å²) in [5.41, 5.74) is 0.572. The molecule has 0 heterocycles. The van der Waals surface area contributed by atoms with E-state index in [1.807, 2.05) is 0 Å². The Morgan fingerprint density at radius 2 is 1.96 bits per heavy atom. The van der Waals surface area contributed by atoms with Crippen LogP contribution in [0, 0.1) is 5.82 Å². The predicted molar refractivity (Wildman–Crippen MR) is 90.1 cm³/mol. The number of amides is 3. The number of anilines is 2. The summed E-state index contributed by atoms with van der Waals surface area (Å²) in [6.45, 7) is -0.159. The summed E-state index contributed by atoms with van der Waals surface area (Å²) in [6, 6.07) is 9.74. The van der Waals surface area contributed by atoms with Gasteiger partial charge in [0.1, 0.15) is 11.6 Å². The first-order valence-electron chi connectivity index (χ1n) is 6.92. The van der Waals surface area contributed by atoms with E-state index in [1.165, 1.54) is 25.3 Å². The van der Waals surface area contributed by atoms with Crippen LogP contribution in [0.1, 0.15) is 0 Å². The number of ether oxygens (including phenoxy) is 1. The second-order valence-electron chi connectivity index (χ2n) is 4.69. The molecular formula is C16H15ClFN3O3. The maximum Gasteiger partial charge on any atom is 0.326 e. The number of carbonyl (C=O) groups excluding carboxylic acids is 2. The third kappa shape index (κ3) is 4.85. The summed E-state index contributed by atoms with van der Waals surface area (Å²) in [5, 5.41) is 7.54.